The summed E-state index contributed by atoms with van der Waals surface area (Å²) >= 11 is 0. The van der Waals surface area contributed by atoms with Gasteiger partial charge in [-0.15, -0.1) is 0 Å². The maximum absolute atomic E-state index is 11.9. The van der Waals surface area contributed by atoms with Gasteiger partial charge in [0.05, 0.1) is 19.6 Å². The number of aryl methyl sites for hydroxylation is 1. The van der Waals surface area contributed by atoms with E-state index < -0.39 is 0 Å². The molecule has 0 saturated heterocycles. The van der Waals surface area contributed by atoms with Gasteiger partial charge in [0, 0.05) is 0 Å². The first-order valence-electron chi connectivity index (χ1n) is 7.85. The lowest BCUT2D eigenvalue weighted by molar-refractivity contribution is -0.120. The Morgan fingerprint density at radius 2 is 1.74 bits per heavy atom. The van der Waals surface area contributed by atoms with Crippen LogP contribution in [-0.2, 0) is 11.2 Å². The smallest absolute Gasteiger partial charge is 0.224 e. The topological polar surface area (TPSA) is 47.6 Å². The fraction of sp³-hybridized carbons (Fsp3) is 0.316. The fourth-order valence-electron chi connectivity index (χ4n) is 2.23. The minimum absolute atomic E-state index is 0.00546. The van der Waals surface area contributed by atoms with Crippen LogP contribution in [0.25, 0.3) is 0 Å². The largest absolute Gasteiger partial charge is 0.494 e. The maximum Gasteiger partial charge on any atom is 0.224 e. The van der Waals surface area contributed by atoms with Crippen LogP contribution in [-0.4, -0.2) is 25.7 Å². The minimum Gasteiger partial charge on any atom is -0.494 e. The molecule has 0 unspecified atom stereocenters. The van der Waals surface area contributed by atoms with Gasteiger partial charge in [0.15, 0.2) is 0 Å². The number of rotatable bonds is 8. The predicted octanol–water partition coefficient (Wildman–Crippen LogP) is 3.13. The highest BCUT2D eigenvalue weighted by Gasteiger charge is 2.03. The third-order valence-corrected chi connectivity index (χ3v) is 3.27. The summed E-state index contributed by atoms with van der Waals surface area (Å²) in [7, 11) is 0. The average Bonchev–Trinajstić information content (AvgIpc) is 2.53. The van der Waals surface area contributed by atoms with Crippen LogP contribution in [0.1, 0.15) is 18.1 Å². The molecule has 0 atom stereocenters. The van der Waals surface area contributed by atoms with Crippen LogP contribution >= 0.6 is 0 Å². The van der Waals surface area contributed by atoms with Crippen molar-refractivity contribution < 1.29 is 14.3 Å². The van der Waals surface area contributed by atoms with Crippen molar-refractivity contribution in [3.8, 4) is 11.5 Å². The van der Waals surface area contributed by atoms with Gasteiger partial charge in [-0.1, -0.05) is 29.8 Å². The van der Waals surface area contributed by atoms with E-state index in [2.05, 4.69) is 5.32 Å². The molecule has 2 aromatic carbocycles. The van der Waals surface area contributed by atoms with Crippen LogP contribution in [0.4, 0.5) is 0 Å². The zero-order valence-corrected chi connectivity index (χ0v) is 13.7. The predicted molar refractivity (Wildman–Crippen MR) is 91.0 cm³/mol. The second-order valence-electron chi connectivity index (χ2n) is 5.27. The van der Waals surface area contributed by atoms with Gasteiger partial charge in [0.1, 0.15) is 18.1 Å². The lowest BCUT2D eigenvalue weighted by Gasteiger charge is -2.09. The molecule has 1 amide bonds. The second-order valence-corrected chi connectivity index (χ2v) is 5.27. The van der Waals surface area contributed by atoms with E-state index in [4.69, 9.17) is 9.47 Å². The summed E-state index contributed by atoms with van der Waals surface area (Å²) < 4.78 is 11.0. The van der Waals surface area contributed by atoms with Crippen LogP contribution in [0.15, 0.2) is 48.5 Å². The van der Waals surface area contributed by atoms with Gasteiger partial charge in [-0.05, 0) is 43.7 Å². The van der Waals surface area contributed by atoms with Crippen molar-refractivity contribution in [2.45, 2.75) is 20.3 Å². The van der Waals surface area contributed by atoms with Crippen molar-refractivity contribution >= 4 is 5.91 Å². The monoisotopic (exact) mass is 313 g/mol. The zero-order valence-electron chi connectivity index (χ0n) is 13.7. The molecule has 23 heavy (non-hydrogen) atoms. The number of hydrogen-bond donors (Lipinski definition) is 1. The number of nitrogens with one attached hydrogen (secondary N) is 1. The van der Waals surface area contributed by atoms with E-state index in [0.717, 1.165) is 22.6 Å². The molecule has 0 saturated carbocycles. The summed E-state index contributed by atoms with van der Waals surface area (Å²) in [6, 6.07) is 15.4. The van der Waals surface area contributed by atoms with E-state index in [1.165, 1.54) is 0 Å². The van der Waals surface area contributed by atoms with E-state index in [0.29, 0.717) is 26.2 Å². The van der Waals surface area contributed by atoms with E-state index in [9.17, 15) is 4.79 Å². The molecule has 0 aliphatic heterocycles. The molecular weight excluding hydrogens is 290 g/mol. The molecule has 4 nitrogen and oxygen atoms in total. The summed E-state index contributed by atoms with van der Waals surface area (Å²) in [5.74, 6) is 1.60. The Bertz CT molecular complexity index is 623. The van der Waals surface area contributed by atoms with Gasteiger partial charge in [-0.3, -0.25) is 4.79 Å². The SMILES string of the molecule is CCOc1ccc(OCCNC(=O)Cc2cccc(C)c2)cc1. The Morgan fingerprint density at radius 3 is 2.39 bits per heavy atom. The molecular formula is C19H23NO3. The van der Waals surface area contributed by atoms with Gasteiger partial charge in [-0.2, -0.15) is 0 Å². The molecule has 0 radical (unpaired) electrons. The first-order valence-corrected chi connectivity index (χ1v) is 7.85. The van der Waals surface area contributed by atoms with Crippen molar-refractivity contribution in [2.24, 2.45) is 0 Å². The van der Waals surface area contributed by atoms with E-state index in [-0.39, 0.29) is 5.91 Å². The van der Waals surface area contributed by atoms with Crippen LogP contribution in [0, 0.1) is 6.92 Å². The first-order chi connectivity index (χ1) is 11.2. The fourth-order valence-corrected chi connectivity index (χ4v) is 2.23. The summed E-state index contributed by atoms with van der Waals surface area (Å²) in [5, 5.41) is 2.86. The van der Waals surface area contributed by atoms with E-state index in [1.807, 2.05) is 62.4 Å². The normalized spacial score (nSPS) is 10.2. The third-order valence-electron chi connectivity index (χ3n) is 3.27. The van der Waals surface area contributed by atoms with Crippen LogP contribution in [0.2, 0.25) is 0 Å². The molecule has 0 spiro atoms. The Balaban J connectivity index is 1.67. The Labute approximate surface area is 137 Å². The number of amides is 1. The number of carbonyl (C=O) groups excluding carboxylic acids is 1. The average molecular weight is 313 g/mol. The summed E-state index contributed by atoms with van der Waals surface area (Å²) in [6.45, 7) is 5.54. The van der Waals surface area contributed by atoms with Crippen molar-refractivity contribution in [2.75, 3.05) is 19.8 Å². The molecule has 4 heteroatoms. The van der Waals surface area contributed by atoms with Crippen molar-refractivity contribution in [1.29, 1.82) is 0 Å². The lowest BCUT2D eigenvalue weighted by Crippen LogP contribution is -2.29. The highest BCUT2D eigenvalue weighted by atomic mass is 16.5. The third kappa shape index (κ3) is 6.02. The Kier molecular flexibility index (Phi) is 6.48. The van der Waals surface area contributed by atoms with Gasteiger partial charge >= 0.3 is 0 Å². The lowest BCUT2D eigenvalue weighted by atomic mass is 10.1. The molecule has 1 N–H and O–H groups in total. The summed E-state index contributed by atoms with van der Waals surface area (Å²) in [4.78, 5) is 11.9. The molecule has 2 rings (SSSR count). The molecule has 122 valence electrons. The van der Waals surface area contributed by atoms with Crippen LogP contribution < -0.4 is 14.8 Å². The Morgan fingerprint density at radius 1 is 1.04 bits per heavy atom. The van der Waals surface area contributed by atoms with Crippen molar-refractivity contribution in [1.82, 2.24) is 5.32 Å². The molecule has 0 heterocycles. The zero-order chi connectivity index (χ0) is 16.5. The molecule has 0 bridgehead atoms. The van der Waals surface area contributed by atoms with Gasteiger partial charge < -0.3 is 14.8 Å². The van der Waals surface area contributed by atoms with Crippen molar-refractivity contribution in [3.63, 3.8) is 0 Å². The summed E-state index contributed by atoms with van der Waals surface area (Å²) in [5.41, 5.74) is 2.18. The standard InChI is InChI=1S/C19H23NO3/c1-3-22-17-7-9-18(10-8-17)23-12-11-20-19(21)14-16-6-4-5-15(2)13-16/h4-10,13H,3,11-12,14H2,1-2H3,(H,20,21). The van der Waals surface area contributed by atoms with Gasteiger partial charge in [0.25, 0.3) is 0 Å². The molecule has 0 fully saturated rings. The first kappa shape index (κ1) is 16.9. The van der Waals surface area contributed by atoms with Crippen molar-refractivity contribution in [3.05, 3.63) is 59.7 Å². The molecule has 0 aromatic heterocycles. The highest BCUT2D eigenvalue weighted by molar-refractivity contribution is 5.78. The van der Waals surface area contributed by atoms with Gasteiger partial charge in [0.2, 0.25) is 5.91 Å². The number of carbonyl (C=O) groups is 1. The summed E-state index contributed by atoms with van der Waals surface area (Å²) in [6.07, 6.45) is 0.394. The molecule has 2 aromatic rings. The number of benzene rings is 2. The number of hydrogen-bond acceptors (Lipinski definition) is 3. The van der Waals surface area contributed by atoms with E-state index in [1.54, 1.807) is 0 Å². The van der Waals surface area contributed by atoms with Crippen LogP contribution in [0.5, 0.6) is 11.5 Å². The second kappa shape index (κ2) is 8.83. The molecule has 0 aliphatic carbocycles. The van der Waals surface area contributed by atoms with Gasteiger partial charge in [-0.25, -0.2) is 0 Å². The molecule has 0 aliphatic rings. The number of ether oxygens (including phenoxy) is 2. The minimum atomic E-state index is 0.00546. The van der Waals surface area contributed by atoms with E-state index >= 15 is 0 Å². The quantitative estimate of drug-likeness (QED) is 0.762. The maximum atomic E-state index is 11.9. The highest BCUT2D eigenvalue weighted by Crippen LogP contribution is 2.17. The van der Waals surface area contributed by atoms with Crippen LogP contribution in [0.3, 0.4) is 0 Å². The Hall–Kier alpha value is -2.49.